The minimum atomic E-state index is -1.58. The highest BCUT2D eigenvalue weighted by Crippen LogP contribution is 2.77. The molecule has 7 heteroatoms. The fraction of sp³-hybridized carbons (Fsp3) is 0.703. The molecule has 44 heavy (non-hydrogen) atoms. The zero-order chi connectivity index (χ0) is 31.9. The predicted molar refractivity (Wildman–Crippen MR) is 169 cm³/mol. The van der Waals surface area contributed by atoms with Crippen molar-refractivity contribution in [1.82, 2.24) is 5.32 Å². The van der Waals surface area contributed by atoms with Gasteiger partial charge < -0.3 is 20.6 Å². The van der Waals surface area contributed by atoms with Crippen LogP contribution in [0.15, 0.2) is 30.3 Å². The number of fused-ring (bicyclic) bond motifs is 7. The minimum Gasteiger partial charge on any atom is -0.479 e. The molecule has 9 atom stereocenters. The summed E-state index contributed by atoms with van der Waals surface area (Å²) in [6, 6.07) is 7.41. The number of aliphatic hydroxyl groups is 1. The molecule has 1 amide bonds. The van der Waals surface area contributed by atoms with Gasteiger partial charge in [-0.15, -0.1) is 0 Å². The van der Waals surface area contributed by atoms with Crippen molar-refractivity contribution in [3.8, 4) is 0 Å². The van der Waals surface area contributed by atoms with Gasteiger partial charge in [0.1, 0.15) is 0 Å². The normalized spacial score (nSPS) is 41.2. The minimum absolute atomic E-state index is 0.0391. The SMILES string of the molecule is CC1(C)C(c2ccc(C(=O)O)cc2)=CC[C@]2(C)[C@H]3CC[C@@H]4[C@H]5CCC[C@]5(C(=O)NCC(O)C(=O)O)CC[C@@]4(C)[C@]3(C)CC[C@@H]12. The van der Waals surface area contributed by atoms with Crippen LogP contribution in [0.4, 0.5) is 0 Å². The number of carbonyl (C=O) groups is 3. The second-order valence-electron chi connectivity index (χ2n) is 16.3. The summed E-state index contributed by atoms with van der Waals surface area (Å²) >= 11 is 0. The number of hydrogen-bond acceptors (Lipinski definition) is 4. The number of aromatic carboxylic acids is 1. The quantitative estimate of drug-likeness (QED) is 0.283. The Kier molecular flexibility index (Phi) is 7.43. The maximum absolute atomic E-state index is 13.7. The van der Waals surface area contributed by atoms with E-state index in [0.717, 1.165) is 56.9 Å². The molecule has 5 aliphatic carbocycles. The van der Waals surface area contributed by atoms with Crippen molar-refractivity contribution in [2.45, 2.75) is 105 Å². The maximum atomic E-state index is 13.7. The lowest BCUT2D eigenvalue weighted by Crippen LogP contribution is -2.66. The van der Waals surface area contributed by atoms with E-state index < -0.39 is 23.5 Å². The van der Waals surface area contributed by atoms with Gasteiger partial charge in [0.2, 0.25) is 5.91 Å². The van der Waals surface area contributed by atoms with Crippen molar-refractivity contribution < 1.29 is 29.7 Å². The van der Waals surface area contributed by atoms with Crippen molar-refractivity contribution >= 4 is 23.4 Å². The molecule has 0 radical (unpaired) electrons. The van der Waals surface area contributed by atoms with E-state index in [4.69, 9.17) is 5.11 Å². The van der Waals surface area contributed by atoms with Gasteiger partial charge in [-0.1, -0.05) is 59.2 Å². The third-order valence-electron chi connectivity index (χ3n) is 14.6. The molecule has 7 nitrogen and oxygen atoms in total. The predicted octanol–water partition coefficient (Wildman–Crippen LogP) is 6.80. The molecule has 5 aliphatic rings. The first kappa shape index (κ1) is 31.3. The summed E-state index contributed by atoms with van der Waals surface area (Å²) in [5.41, 5.74) is 2.75. The number of amides is 1. The highest BCUT2D eigenvalue weighted by Gasteiger charge is 2.70. The van der Waals surface area contributed by atoms with Crippen LogP contribution in [-0.2, 0) is 9.59 Å². The van der Waals surface area contributed by atoms with Gasteiger partial charge in [-0.2, -0.15) is 0 Å². The number of nitrogens with one attached hydrogen (secondary N) is 1. The Hall–Kier alpha value is -2.67. The third kappa shape index (κ3) is 4.27. The van der Waals surface area contributed by atoms with E-state index in [1.54, 1.807) is 12.1 Å². The average molecular weight is 606 g/mol. The summed E-state index contributed by atoms with van der Waals surface area (Å²) in [6.07, 6.45) is 11.3. The highest BCUT2D eigenvalue weighted by atomic mass is 16.4. The fourth-order valence-corrected chi connectivity index (χ4v) is 12.3. The van der Waals surface area contributed by atoms with Crippen LogP contribution in [0, 0.1) is 50.7 Å². The van der Waals surface area contributed by atoms with Crippen LogP contribution >= 0.6 is 0 Å². The average Bonchev–Trinajstić information content (AvgIpc) is 3.41. The van der Waals surface area contributed by atoms with Crippen LogP contribution in [0.3, 0.4) is 0 Å². The molecule has 1 unspecified atom stereocenters. The number of hydrogen-bond donors (Lipinski definition) is 4. The van der Waals surface area contributed by atoms with Crippen LogP contribution in [0.5, 0.6) is 0 Å². The second kappa shape index (κ2) is 10.4. The molecule has 0 heterocycles. The number of benzene rings is 1. The summed E-state index contributed by atoms with van der Waals surface area (Å²) in [4.78, 5) is 36.4. The molecule has 0 spiro atoms. The number of carbonyl (C=O) groups excluding carboxylic acids is 1. The Morgan fingerprint density at radius 2 is 1.55 bits per heavy atom. The fourth-order valence-electron chi connectivity index (χ4n) is 12.3. The number of rotatable bonds is 6. The number of aliphatic hydroxyl groups excluding tert-OH is 1. The molecule has 1 aromatic rings. The topological polar surface area (TPSA) is 124 Å². The smallest absolute Gasteiger partial charge is 0.335 e. The largest absolute Gasteiger partial charge is 0.479 e. The molecule has 4 fully saturated rings. The molecule has 0 saturated heterocycles. The lowest BCUT2D eigenvalue weighted by Gasteiger charge is -2.72. The van der Waals surface area contributed by atoms with E-state index >= 15 is 0 Å². The first-order valence-corrected chi connectivity index (χ1v) is 16.9. The van der Waals surface area contributed by atoms with Gasteiger partial charge in [-0.25, -0.2) is 9.59 Å². The number of carboxylic acids is 2. The summed E-state index contributed by atoms with van der Waals surface area (Å²) in [5.74, 6) is -0.385. The third-order valence-corrected chi connectivity index (χ3v) is 14.6. The van der Waals surface area contributed by atoms with Crippen molar-refractivity contribution in [2.75, 3.05) is 6.54 Å². The van der Waals surface area contributed by atoms with E-state index in [0.29, 0.717) is 29.2 Å². The van der Waals surface area contributed by atoms with Gasteiger partial charge in [-0.05, 0) is 126 Å². The highest BCUT2D eigenvalue weighted by molar-refractivity contribution is 5.88. The zero-order valence-electron chi connectivity index (χ0n) is 27.1. The Morgan fingerprint density at radius 3 is 2.20 bits per heavy atom. The van der Waals surface area contributed by atoms with E-state index in [2.05, 4.69) is 46.0 Å². The van der Waals surface area contributed by atoms with Gasteiger partial charge in [-0.3, -0.25) is 4.79 Å². The van der Waals surface area contributed by atoms with E-state index in [-0.39, 0.29) is 34.1 Å². The summed E-state index contributed by atoms with van der Waals surface area (Å²) < 4.78 is 0. The molecule has 240 valence electrons. The maximum Gasteiger partial charge on any atom is 0.335 e. The van der Waals surface area contributed by atoms with Crippen LogP contribution in [0.2, 0.25) is 0 Å². The molecule has 4 N–H and O–H groups in total. The van der Waals surface area contributed by atoms with E-state index in [9.17, 15) is 24.6 Å². The van der Waals surface area contributed by atoms with Crippen LogP contribution in [-0.4, -0.2) is 45.8 Å². The van der Waals surface area contributed by atoms with Crippen molar-refractivity contribution in [3.63, 3.8) is 0 Å². The Balaban J connectivity index is 1.28. The van der Waals surface area contributed by atoms with Crippen molar-refractivity contribution in [1.29, 1.82) is 0 Å². The second-order valence-corrected chi connectivity index (χ2v) is 16.3. The number of allylic oxidation sites excluding steroid dienone is 2. The van der Waals surface area contributed by atoms with E-state index in [1.807, 2.05) is 12.1 Å². The van der Waals surface area contributed by atoms with Gasteiger partial charge in [0, 0.05) is 0 Å². The zero-order valence-corrected chi connectivity index (χ0v) is 27.1. The summed E-state index contributed by atoms with van der Waals surface area (Å²) in [7, 11) is 0. The molecule has 1 aromatic carbocycles. The summed E-state index contributed by atoms with van der Waals surface area (Å²) in [5, 5.41) is 31.2. The molecule has 0 aliphatic heterocycles. The standard InChI is InChI=1S/C37H51NO6/c1-33(2)24(22-8-10-23(11-9-22)30(40)41)14-17-34(3)28(33)15-18-36(5)29(34)13-12-25-26-7-6-16-37(26,20-19-35(25,36)4)32(44)38-21-27(39)31(42)43/h8-11,14,25-29,39H,6-7,12-13,15-21H2,1-5H3,(H,38,44)(H,40,41)(H,42,43)/t25-,26-,27?,28+,29-,34+,35-,36-,37+/m1/s1. The molecule has 6 rings (SSSR count). The van der Waals surface area contributed by atoms with Crippen LogP contribution in [0.1, 0.15) is 115 Å². The molecular weight excluding hydrogens is 554 g/mol. The summed E-state index contributed by atoms with van der Waals surface area (Å²) in [6.45, 7) is 12.2. The number of aliphatic carboxylic acids is 1. The monoisotopic (exact) mass is 605 g/mol. The molecule has 0 aromatic heterocycles. The van der Waals surface area contributed by atoms with E-state index in [1.165, 1.54) is 18.4 Å². The Labute approximate surface area is 261 Å². The van der Waals surface area contributed by atoms with Crippen LogP contribution < -0.4 is 5.32 Å². The Bertz CT molecular complexity index is 1380. The lowest BCUT2D eigenvalue weighted by atomic mass is 9.32. The van der Waals surface area contributed by atoms with Gasteiger partial charge in [0.25, 0.3) is 0 Å². The van der Waals surface area contributed by atoms with Crippen molar-refractivity contribution in [3.05, 3.63) is 41.5 Å². The molecule has 4 saturated carbocycles. The van der Waals surface area contributed by atoms with Crippen LogP contribution in [0.25, 0.3) is 5.57 Å². The molecule has 0 bridgehead atoms. The lowest BCUT2D eigenvalue weighted by molar-refractivity contribution is -0.222. The Morgan fingerprint density at radius 1 is 0.841 bits per heavy atom. The number of carboxylic acid groups (broad SMARTS) is 2. The van der Waals surface area contributed by atoms with Crippen molar-refractivity contribution in [2.24, 2.45) is 50.7 Å². The van der Waals surface area contributed by atoms with Gasteiger partial charge >= 0.3 is 11.9 Å². The molecular formula is C37H51NO6. The van der Waals surface area contributed by atoms with Gasteiger partial charge in [0.15, 0.2) is 6.10 Å². The first-order valence-electron chi connectivity index (χ1n) is 16.9. The first-order chi connectivity index (χ1) is 20.6. The van der Waals surface area contributed by atoms with Gasteiger partial charge in [0.05, 0.1) is 17.5 Å².